The summed E-state index contributed by atoms with van der Waals surface area (Å²) in [4.78, 5) is 22.6. The number of thiophene rings is 1. The van der Waals surface area contributed by atoms with Crippen molar-refractivity contribution in [2.24, 2.45) is 0 Å². The number of fused-ring (bicyclic) bond motifs is 1. The molecule has 0 fully saturated rings. The monoisotopic (exact) mass is 436 g/mol. The van der Waals surface area contributed by atoms with Crippen molar-refractivity contribution in [3.05, 3.63) is 72.6 Å². The average Bonchev–Trinajstić information content (AvgIpc) is 3.24. The van der Waals surface area contributed by atoms with Crippen LogP contribution in [0.5, 0.6) is 5.75 Å². The highest BCUT2D eigenvalue weighted by atomic mass is 32.2. The molecule has 0 aliphatic heterocycles. The van der Waals surface area contributed by atoms with E-state index in [2.05, 4.69) is 28.2 Å². The third kappa shape index (κ3) is 4.80. The molecule has 0 radical (unpaired) electrons. The first-order valence-corrected chi connectivity index (χ1v) is 11.3. The number of aromatic nitrogens is 2. The summed E-state index contributed by atoms with van der Waals surface area (Å²) in [6.07, 6.45) is 2.51. The second-order valence-electron chi connectivity index (χ2n) is 6.44. The van der Waals surface area contributed by atoms with Crippen molar-refractivity contribution in [1.82, 2.24) is 9.97 Å². The summed E-state index contributed by atoms with van der Waals surface area (Å²) in [5.74, 6) is 1.28. The molecule has 0 unspecified atom stereocenters. The maximum atomic E-state index is 11.5. The van der Waals surface area contributed by atoms with Gasteiger partial charge in [-0.25, -0.2) is 14.8 Å². The molecule has 30 heavy (non-hydrogen) atoms. The number of ether oxygens (including phenoxy) is 2. The van der Waals surface area contributed by atoms with Gasteiger partial charge in [0.1, 0.15) is 21.9 Å². The van der Waals surface area contributed by atoms with Crippen LogP contribution in [0.3, 0.4) is 0 Å². The van der Waals surface area contributed by atoms with Crippen molar-refractivity contribution in [3.8, 4) is 16.2 Å². The van der Waals surface area contributed by atoms with Crippen molar-refractivity contribution in [2.75, 3.05) is 19.5 Å². The lowest BCUT2D eigenvalue weighted by atomic mass is 10.2. The molecule has 0 N–H and O–H groups in total. The minimum atomic E-state index is -0.349. The Morgan fingerprint density at radius 1 is 1.07 bits per heavy atom. The Kier molecular flexibility index (Phi) is 6.61. The van der Waals surface area contributed by atoms with Crippen LogP contribution in [0.1, 0.15) is 16.8 Å². The molecule has 7 heteroatoms. The number of esters is 1. The van der Waals surface area contributed by atoms with Crippen molar-refractivity contribution >= 4 is 39.3 Å². The summed E-state index contributed by atoms with van der Waals surface area (Å²) in [7, 11) is 1.37. The van der Waals surface area contributed by atoms with Gasteiger partial charge in [0.25, 0.3) is 0 Å². The zero-order chi connectivity index (χ0) is 20.8. The van der Waals surface area contributed by atoms with Crippen LogP contribution in [-0.2, 0) is 4.74 Å². The Morgan fingerprint density at radius 3 is 2.63 bits per heavy atom. The number of benzene rings is 2. The van der Waals surface area contributed by atoms with E-state index in [0.29, 0.717) is 12.2 Å². The quantitative estimate of drug-likeness (QED) is 0.153. The molecule has 0 spiro atoms. The number of nitrogens with zero attached hydrogens (tertiary/aromatic N) is 2. The van der Waals surface area contributed by atoms with E-state index < -0.39 is 0 Å². The van der Waals surface area contributed by atoms with Crippen LogP contribution >= 0.6 is 23.1 Å². The molecule has 2 aromatic heterocycles. The van der Waals surface area contributed by atoms with Crippen LogP contribution in [0, 0.1) is 0 Å². The summed E-state index contributed by atoms with van der Waals surface area (Å²) in [6, 6.07) is 19.5. The van der Waals surface area contributed by atoms with Gasteiger partial charge in [-0.2, -0.15) is 0 Å². The topological polar surface area (TPSA) is 61.3 Å². The highest BCUT2D eigenvalue weighted by Crippen LogP contribution is 2.36. The van der Waals surface area contributed by atoms with Crippen LogP contribution in [0.2, 0.25) is 0 Å². The molecular weight excluding hydrogens is 416 g/mol. The normalized spacial score (nSPS) is 10.8. The molecule has 2 aromatic carbocycles. The predicted molar refractivity (Wildman–Crippen MR) is 121 cm³/mol. The molecule has 0 aliphatic carbocycles. The lowest BCUT2D eigenvalue weighted by molar-refractivity contribution is 0.0600. The van der Waals surface area contributed by atoms with Crippen LogP contribution < -0.4 is 4.74 Å². The number of carbonyl (C=O) groups excluding carboxylic acids is 1. The van der Waals surface area contributed by atoms with E-state index in [-0.39, 0.29) is 5.97 Å². The third-order valence-electron chi connectivity index (χ3n) is 4.42. The Bertz CT molecular complexity index is 1130. The fraction of sp³-hybridized carbons (Fsp3) is 0.174. The fourth-order valence-corrected chi connectivity index (χ4v) is 4.87. The summed E-state index contributed by atoms with van der Waals surface area (Å²) in [5, 5.41) is 2.10. The maximum Gasteiger partial charge on any atom is 0.337 e. The van der Waals surface area contributed by atoms with Crippen molar-refractivity contribution in [3.63, 3.8) is 0 Å². The number of rotatable bonds is 8. The van der Waals surface area contributed by atoms with Gasteiger partial charge in [0.2, 0.25) is 0 Å². The lowest BCUT2D eigenvalue weighted by Crippen LogP contribution is -2.02. The number of hydrogen-bond acceptors (Lipinski definition) is 7. The van der Waals surface area contributed by atoms with Gasteiger partial charge in [0, 0.05) is 16.0 Å². The first-order valence-electron chi connectivity index (χ1n) is 9.48. The van der Waals surface area contributed by atoms with Crippen molar-refractivity contribution < 1.29 is 14.3 Å². The van der Waals surface area contributed by atoms with Gasteiger partial charge < -0.3 is 9.47 Å². The number of thioether (sulfide) groups is 1. The Balaban J connectivity index is 1.32. The van der Waals surface area contributed by atoms with Crippen LogP contribution in [0.25, 0.3) is 20.7 Å². The molecule has 5 nitrogen and oxygen atoms in total. The molecule has 0 saturated carbocycles. The average molecular weight is 437 g/mol. The van der Waals surface area contributed by atoms with Gasteiger partial charge in [-0.15, -0.1) is 23.1 Å². The number of methoxy groups -OCH3 is 1. The van der Waals surface area contributed by atoms with E-state index in [1.165, 1.54) is 17.6 Å². The van der Waals surface area contributed by atoms with E-state index in [1.54, 1.807) is 53.7 Å². The zero-order valence-electron chi connectivity index (χ0n) is 16.4. The standard InChI is InChI=1S/C23H20N2O3S2/c1-27-23(26)17-8-10-18(11-9-17)28-12-5-13-29-21-19-14-20(16-6-3-2-4-7-16)30-22(19)25-15-24-21/h2-4,6-11,14-15H,5,12-13H2,1H3. The van der Waals surface area contributed by atoms with Crippen LogP contribution in [-0.4, -0.2) is 35.4 Å². The smallest absolute Gasteiger partial charge is 0.337 e. The summed E-state index contributed by atoms with van der Waals surface area (Å²) in [6.45, 7) is 0.595. The third-order valence-corrected chi connectivity index (χ3v) is 6.61. The van der Waals surface area contributed by atoms with Gasteiger partial charge in [-0.05, 0) is 42.3 Å². The maximum absolute atomic E-state index is 11.5. The number of carbonyl (C=O) groups is 1. The summed E-state index contributed by atoms with van der Waals surface area (Å²) in [5.41, 5.74) is 1.71. The van der Waals surface area contributed by atoms with Crippen LogP contribution in [0.15, 0.2) is 72.0 Å². The van der Waals surface area contributed by atoms with Crippen LogP contribution in [0.4, 0.5) is 0 Å². The molecule has 0 saturated heterocycles. The predicted octanol–water partition coefficient (Wildman–Crippen LogP) is 5.71. The second kappa shape index (κ2) is 9.73. The van der Waals surface area contributed by atoms with Gasteiger partial charge in [-0.3, -0.25) is 0 Å². The highest BCUT2D eigenvalue weighted by molar-refractivity contribution is 7.99. The largest absolute Gasteiger partial charge is 0.494 e. The Morgan fingerprint density at radius 2 is 1.87 bits per heavy atom. The molecule has 2 heterocycles. The molecule has 4 rings (SSSR count). The van der Waals surface area contributed by atoms with E-state index in [9.17, 15) is 4.79 Å². The molecular formula is C23H20N2O3S2. The first-order chi connectivity index (χ1) is 14.7. The molecule has 152 valence electrons. The van der Waals surface area contributed by atoms with Crippen molar-refractivity contribution in [1.29, 1.82) is 0 Å². The molecule has 4 aromatic rings. The lowest BCUT2D eigenvalue weighted by Gasteiger charge is -2.07. The minimum absolute atomic E-state index is 0.349. The molecule has 0 amide bonds. The SMILES string of the molecule is COC(=O)c1ccc(OCCCSc2ncnc3sc(-c4ccccc4)cc23)cc1. The van der Waals surface area contributed by atoms with Gasteiger partial charge in [0.05, 0.1) is 19.3 Å². The summed E-state index contributed by atoms with van der Waals surface area (Å²) < 4.78 is 10.5. The highest BCUT2D eigenvalue weighted by Gasteiger charge is 2.10. The van der Waals surface area contributed by atoms with E-state index in [1.807, 2.05) is 18.2 Å². The molecule has 0 aliphatic rings. The zero-order valence-corrected chi connectivity index (χ0v) is 18.0. The van der Waals surface area contributed by atoms with E-state index >= 15 is 0 Å². The second-order valence-corrected chi connectivity index (χ2v) is 8.56. The number of hydrogen-bond donors (Lipinski definition) is 0. The fourth-order valence-electron chi connectivity index (χ4n) is 2.92. The molecule has 0 atom stereocenters. The van der Waals surface area contributed by atoms with Gasteiger partial charge >= 0.3 is 5.97 Å². The van der Waals surface area contributed by atoms with Gasteiger partial charge in [0.15, 0.2) is 0 Å². The summed E-state index contributed by atoms with van der Waals surface area (Å²) >= 11 is 3.41. The van der Waals surface area contributed by atoms with Gasteiger partial charge in [-0.1, -0.05) is 30.3 Å². The first kappa shape index (κ1) is 20.4. The minimum Gasteiger partial charge on any atom is -0.494 e. The van der Waals surface area contributed by atoms with Crippen molar-refractivity contribution in [2.45, 2.75) is 11.4 Å². The van der Waals surface area contributed by atoms with E-state index in [4.69, 9.17) is 9.47 Å². The van der Waals surface area contributed by atoms with E-state index in [0.717, 1.165) is 33.2 Å². The Labute approximate surface area is 183 Å². The Hall–Kier alpha value is -2.90. The molecule has 0 bridgehead atoms.